The van der Waals surface area contributed by atoms with E-state index in [1.165, 1.54) is 11.0 Å². The molecular weight excluding hydrogens is 346 g/mol. The van der Waals surface area contributed by atoms with Crippen LogP contribution in [0, 0.1) is 0 Å². The molecule has 7 nitrogen and oxygen atoms in total. The maximum Gasteiger partial charge on any atom is 0.323 e. The summed E-state index contributed by atoms with van der Waals surface area (Å²) in [6, 6.07) is 5.35. The van der Waals surface area contributed by atoms with E-state index in [2.05, 4.69) is 4.98 Å². The van der Waals surface area contributed by atoms with Crippen molar-refractivity contribution >= 4 is 35.2 Å². The molecular formula is C17H18ClN3O4. The first-order chi connectivity index (χ1) is 12.1. The van der Waals surface area contributed by atoms with E-state index < -0.39 is 5.97 Å². The molecule has 1 aliphatic heterocycles. The highest BCUT2D eigenvalue weighted by Crippen LogP contribution is 2.20. The number of fused-ring (bicyclic) bond motifs is 1. The van der Waals surface area contributed by atoms with Gasteiger partial charge in [-0.2, -0.15) is 0 Å². The molecule has 2 aromatic heterocycles. The first kappa shape index (κ1) is 17.4. The zero-order valence-electron chi connectivity index (χ0n) is 13.5. The van der Waals surface area contributed by atoms with Gasteiger partial charge < -0.3 is 14.7 Å². The number of imidazole rings is 1. The van der Waals surface area contributed by atoms with Crippen LogP contribution in [0.25, 0.3) is 11.7 Å². The van der Waals surface area contributed by atoms with Crippen LogP contribution in [-0.2, 0) is 14.3 Å². The van der Waals surface area contributed by atoms with Crippen LogP contribution in [0.1, 0.15) is 18.5 Å². The van der Waals surface area contributed by atoms with Crippen LogP contribution in [-0.4, -0.2) is 57.1 Å². The highest BCUT2D eigenvalue weighted by molar-refractivity contribution is 6.31. The Kier molecular flexibility index (Phi) is 5.35. The predicted octanol–water partition coefficient (Wildman–Crippen LogP) is 2.09. The average molecular weight is 364 g/mol. The lowest BCUT2D eigenvalue weighted by Gasteiger charge is -2.32. The monoisotopic (exact) mass is 363 g/mol. The largest absolute Gasteiger partial charge is 0.480 e. The van der Waals surface area contributed by atoms with Crippen molar-refractivity contribution in [2.45, 2.75) is 18.9 Å². The van der Waals surface area contributed by atoms with E-state index in [-0.39, 0.29) is 23.6 Å². The Hall–Kier alpha value is -2.38. The number of carbonyl (C=O) groups excluding carboxylic acids is 1. The van der Waals surface area contributed by atoms with Gasteiger partial charge in [-0.1, -0.05) is 17.7 Å². The summed E-state index contributed by atoms with van der Waals surface area (Å²) in [6.45, 7) is 0.711. The highest BCUT2D eigenvalue weighted by Gasteiger charge is 2.26. The van der Waals surface area contributed by atoms with Crippen LogP contribution in [0.4, 0.5) is 0 Å². The zero-order chi connectivity index (χ0) is 17.8. The number of nitrogens with zero attached hydrogens (tertiary/aromatic N) is 3. The number of halogens is 1. The fourth-order valence-corrected chi connectivity index (χ4v) is 3.15. The molecule has 0 radical (unpaired) electrons. The lowest BCUT2D eigenvalue weighted by atomic mass is 10.1. The second-order valence-corrected chi connectivity index (χ2v) is 6.11. The number of aromatic nitrogens is 2. The van der Waals surface area contributed by atoms with Crippen molar-refractivity contribution in [3.05, 3.63) is 41.3 Å². The number of rotatable bonds is 5. The molecule has 3 heterocycles. The van der Waals surface area contributed by atoms with Crippen LogP contribution < -0.4 is 0 Å². The molecule has 3 rings (SSSR count). The van der Waals surface area contributed by atoms with Crippen LogP contribution in [0.5, 0.6) is 0 Å². The van der Waals surface area contributed by atoms with Gasteiger partial charge in [0.1, 0.15) is 12.2 Å². The van der Waals surface area contributed by atoms with Crippen molar-refractivity contribution in [1.29, 1.82) is 0 Å². The SMILES string of the molecule is O=C(O)CN(C(=O)C=Cc1c(Cl)nc2ccccn12)C1CCOCC1. The van der Waals surface area contributed by atoms with Gasteiger partial charge in [0.25, 0.3) is 0 Å². The van der Waals surface area contributed by atoms with Gasteiger partial charge in [-0.15, -0.1) is 0 Å². The third-order valence-electron chi connectivity index (χ3n) is 4.13. The third kappa shape index (κ3) is 4.00. The molecule has 0 aromatic carbocycles. The summed E-state index contributed by atoms with van der Waals surface area (Å²) in [4.78, 5) is 29.3. The molecule has 0 unspecified atom stereocenters. The Balaban J connectivity index is 1.83. The highest BCUT2D eigenvalue weighted by atomic mass is 35.5. The van der Waals surface area contributed by atoms with Crippen LogP contribution >= 0.6 is 11.6 Å². The van der Waals surface area contributed by atoms with Gasteiger partial charge in [0.2, 0.25) is 5.91 Å². The quantitative estimate of drug-likeness (QED) is 0.822. The Morgan fingerprint density at radius 3 is 2.88 bits per heavy atom. The molecule has 8 heteroatoms. The molecule has 0 bridgehead atoms. The summed E-state index contributed by atoms with van der Waals surface area (Å²) in [5.74, 6) is -1.41. The summed E-state index contributed by atoms with van der Waals surface area (Å²) >= 11 is 6.14. The minimum absolute atomic E-state index is 0.139. The van der Waals surface area contributed by atoms with Crippen LogP contribution in [0.3, 0.4) is 0 Å². The average Bonchev–Trinajstić information content (AvgIpc) is 2.93. The zero-order valence-corrected chi connectivity index (χ0v) is 14.2. The molecule has 1 aliphatic rings. The minimum atomic E-state index is -1.04. The molecule has 0 atom stereocenters. The molecule has 2 aromatic rings. The van der Waals surface area contributed by atoms with Gasteiger partial charge in [0.05, 0.1) is 5.69 Å². The van der Waals surface area contributed by atoms with E-state index >= 15 is 0 Å². The molecule has 1 amide bonds. The molecule has 25 heavy (non-hydrogen) atoms. The normalized spacial score (nSPS) is 15.7. The van der Waals surface area contributed by atoms with E-state index in [9.17, 15) is 9.59 Å². The smallest absolute Gasteiger partial charge is 0.323 e. The second kappa shape index (κ2) is 7.67. The number of hydrogen-bond acceptors (Lipinski definition) is 4. The van der Waals surface area contributed by atoms with Gasteiger partial charge in [0, 0.05) is 31.5 Å². The van der Waals surface area contributed by atoms with Crippen molar-refractivity contribution in [3.63, 3.8) is 0 Å². The fourth-order valence-electron chi connectivity index (χ4n) is 2.91. The maximum atomic E-state index is 12.6. The number of carbonyl (C=O) groups is 2. The number of ether oxygens (including phenoxy) is 1. The van der Waals surface area contributed by atoms with Gasteiger partial charge in [-0.05, 0) is 31.1 Å². The second-order valence-electron chi connectivity index (χ2n) is 5.75. The van der Waals surface area contributed by atoms with Crippen molar-refractivity contribution < 1.29 is 19.4 Å². The van der Waals surface area contributed by atoms with Gasteiger partial charge in [-0.25, -0.2) is 4.98 Å². The van der Waals surface area contributed by atoms with Crippen molar-refractivity contribution in [1.82, 2.24) is 14.3 Å². The molecule has 0 spiro atoms. The number of carboxylic acids is 1. The van der Waals surface area contributed by atoms with Gasteiger partial charge in [-0.3, -0.25) is 14.0 Å². The molecule has 1 N–H and O–H groups in total. The molecule has 0 saturated carbocycles. The van der Waals surface area contributed by atoms with Crippen LogP contribution in [0.2, 0.25) is 5.15 Å². The Morgan fingerprint density at radius 2 is 2.16 bits per heavy atom. The summed E-state index contributed by atoms with van der Waals surface area (Å²) in [5, 5.41) is 9.40. The molecule has 132 valence electrons. The van der Waals surface area contributed by atoms with Gasteiger partial charge in [0.15, 0.2) is 5.15 Å². The Morgan fingerprint density at radius 1 is 1.40 bits per heavy atom. The topological polar surface area (TPSA) is 84.1 Å². The van der Waals surface area contributed by atoms with Crippen molar-refractivity contribution in [2.75, 3.05) is 19.8 Å². The number of hydrogen-bond donors (Lipinski definition) is 1. The predicted molar refractivity (Wildman–Crippen MR) is 92.4 cm³/mol. The standard InChI is InChI=1S/C17H18ClN3O4/c18-17-13(20-8-2-1-3-14(20)19-17)4-5-15(22)21(11-16(23)24)12-6-9-25-10-7-12/h1-5,8,12H,6-7,9-11H2,(H,23,24). The van der Waals surface area contributed by atoms with E-state index in [4.69, 9.17) is 21.4 Å². The summed E-state index contributed by atoms with van der Waals surface area (Å²) in [7, 11) is 0. The lowest BCUT2D eigenvalue weighted by Crippen LogP contribution is -2.45. The number of aliphatic carboxylic acids is 1. The fraction of sp³-hybridized carbons (Fsp3) is 0.353. The lowest BCUT2D eigenvalue weighted by molar-refractivity contribution is -0.145. The first-order valence-corrected chi connectivity index (χ1v) is 8.35. The Labute approximate surface area is 149 Å². The van der Waals surface area contributed by atoms with Crippen LogP contribution in [0.15, 0.2) is 30.5 Å². The summed E-state index contributed by atoms with van der Waals surface area (Å²) in [5.41, 5.74) is 1.25. The number of pyridine rings is 1. The molecule has 1 saturated heterocycles. The molecule has 1 fully saturated rings. The van der Waals surface area contributed by atoms with Gasteiger partial charge >= 0.3 is 5.97 Å². The van der Waals surface area contributed by atoms with E-state index in [1.807, 2.05) is 18.2 Å². The first-order valence-electron chi connectivity index (χ1n) is 7.97. The Bertz CT molecular complexity index is 811. The number of amides is 1. The molecule has 0 aliphatic carbocycles. The van der Waals surface area contributed by atoms with Crippen molar-refractivity contribution in [2.24, 2.45) is 0 Å². The van der Waals surface area contributed by atoms with Crippen molar-refractivity contribution in [3.8, 4) is 0 Å². The van der Waals surface area contributed by atoms with E-state index in [0.717, 1.165) is 0 Å². The minimum Gasteiger partial charge on any atom is -0.480 e. The third-order valence-corrected chi connectivity index (χ3v) is 4.40. The van der Waals surface area contributed by atoms with E-state index in [1.54, 1.807) is 16.7 Å². The maximum absolute atomic E-state index is 12.6. The van der Waals surface area contributed by atoms with E-state index in [0.29, 0.717) is 37.4 Å². The summed E-state index contributed by atoms with van der Waals surface area (Å²) in [6.07, 6.45) is 5.97. The number of carboxylic acid groups (broad SMARTS) is 1. The summed E-state index contributed by atoms with van der Waals surface area (Å²) < 4.78 is 7.05.